The highest BCUT2D eigenvalue weighted by atomic mass is 32.2. The number of anilines is 2. The first-order valence-electron chi connectivity index (χ1n) is 11.2. The maximum atomic E-state index is 13.1. The summed E-state index contributed by atoms with van der Waals surface area (Å²) in [6.07, 6.45) is 0.992. The highest BCUT2D eigenvalue weighted by molar-refractivity contribution is 7.92. The van der Waals surface area contributed by atoms with Crippen LogP contribution in [0.4, 0.5) is 11.4 Å². The standard InChI is InChI=1S/C26H29N3O4S/c1-19-12-13-21(16-25(19)34(31,32)28-23-10-6-7-11-24(23)33-2)26(30)27-17-20-14-15-29(18-20)22-8-4-3-5-9-22/h3-13,16,20,28H,14-15,17-18H2,1-2H3,(H,27,30). The Balaban J connectivity index is 1.43. The third kappa shape index (κ3) is 5.34. The highest BCUT2D eigenvalue weighted by Crippen LogP contribution is 2.28. The Morgan fingerprint density at radius 2 is 1.79 bits per heavy atom. The fraction of sp³-hybridized carbons (Fsp3) is 0.269. The lowest BCUT2D eigenvalue weighted by atomic mass is 10.1. The van der Waals surface area contributed by atoms with Crippen LogP contribution in [0.2, 0.25) is 0 Å². The smallest absolute Gasteiger partial charge is 0.262 e. The number of amides is 1. The summed E-state index contributed by atoms with van der Waals surface area (Å²) in [6.45, 7) is 4.07. The van der Waals surface area contributed by atoms with Crippen molar-refractivity contribution in [3.05, 3.63) is 83.9 Å². The second kappa shape index (κ2) is 10.2. The minimum absolute atomic E-state index is 0.0576. The van der Waals surface area contributed by atoms with E-state index in [2.05, 4.69) is 27.1 Å². The Labute approximate surface area is 200 Å². The Bertz CT molecular complexity index is 1260. The minimum atomic E-state index is -3.92. The molecule has 0 saturated carbocycles. The summed E-state index contributed by atoms with van der Waals surface area (Å²) >= 11 is 0. The lowest BCUT2D eigenvalue weighted by Gasteiger charge is -2.18. The van der Waals surface area contributed by atoms with Crippen LogP contribution in [0, 0.1) is 12.8 Å². The molecule has 0 aromatic heterocycles. The molecule has 1 saturated heterocycles. The lowest BCUT2D eigenvalue weighted by molar-refractivity contribution is 0.0948. The van der Waals surface area contributed by atoms with E-state index in [4.69, 9.17) is 4.74 Å². The van der Waals surface area contributed by atoms with Gasteiger partial charge in [0.05, 0.1) is 17.7 Å². The first-order valence-corrected chi connectivity index (χ1v) is 12.7. The van der Waals surface area contributed by atoms with Gasteiger partial charge in [-0.05, 0) is 61.2 Å². The van der Waals surface area contributed by atoms with E-state index in [0.29, 0.717) is 35.0 Å². The average molecular weight is 480 g/mol. The average Bonchev–Trinajstić information content (AvgIpc) is 3.32. The number of methoxy groups -OCH3 is 1. The quantitative estimate of drug-likeness (QED) is 0.509. The van der Waals surface area contributed by atoms with Gasteiger partial charge in [0.2, 0.25) is 0 Å². The van der Waals surface area contributed by atoms with E-state index in [1.807, 2.05) is 18.2 Å². The molecule has 1 unspecified atom stereocenters. The van der Waals surface area contributed by atoms with Crippen molar-refractivity contribution in [2.45, 2.75) is 18.2 Å². The van der Waals surface area contributed by atoms with Crippen molar-refractivity contribution in [2.75, 3.05) is 36.4 Å². The number of ether oxygens (including phenoxy) is 1. The van der Waals surface area contributed by atoms with Gasteiger partial charge in [-0.2, -0.15) is 0 Å². The molecule has 178 valence electrons. The molecule has 0 spiro atoms. The number of rotatable bonds is 8. The van der Waals surface area contributed by atoms with Gasteiger partial charge < -0.3 is 15.0 Å². The molecule has 1 aliphatic heterocycles. The van der Waals surface area contributed by atoms with E-state index < -0.39 is 10.0 Å². The molecule has 1 atom stereocenters. The van der Waals surface area contributed by atoms with Gasteiger partial charge in [-0.25, -0.2) is 8.42 Å². The Morgan fingerprint density at radius 3 is 2.56 bits per heavy atom. The molecule has 3 aromatic rings. The summed E-state index contributed by atoms with van der Waals surface area (Å²) in [7, 11) is -2.44. The topological polar surface area (TPSA) is 87.7 Å². The molecular formula is C26H29N3O4S. The fourth-order valence-corrected chi connectivity index (χ4v) is 5.51. The SMILES string of the molecule is COc1ccccc1NS(=O)(=O)c1cc(C(=O)NCC2CCN(c3ccccc3)C2)ccc1C. The number of aryl methyl sites for hydroxylation is 1. The van der Waals surface area contributed by atoms with Gasteiger partial charge >= 0.3 is 0 Å². The Hall–Kier alpha value is -3.52. The summed E-state index contributed by atoms with van der Waals surface area (Å²) in [5, 5.41) is 2.98. The number of nitrogens with one attached hydrogen (secondary N) is 2. The number of sulfonamides is 1. The van der Waals surface area contributed by atoms with Gasteiger partial charge in [-0.1, -0.05) is 36.4 Å². The van der Waals surface area contributed by atoms with Crippen LogP contribution in [0.5, 0.6) is 5.75 Å². The van der Waals surface area contributed by atoms with Crippen molar-refractivity contribution in [1.29, 1.82) is 0 Å². The van der Waals surface area contributed by atoms with E-state index >= 15 is 0 Å². The van der Waals surface area contributed by atoms with Crippen LogP contribution in [0.15, 0.2) is 77.7 Å². The van der Waals surface area contributed by atoms with Crippen molar-refractivity contribution in [3.8, 4) is 5.75 Å². The van der Waals surface area contributed by atoms with Gasteiger partial charge in [0.1, 0.15) is 5.75 Å². The number of carbonyl (C=O) groups is 1. The largest absolute Gasteiger partial charge is 0.495 e. The molecule has 0 radical (unpaired) electrons. The molecule has 1 heterocycles. The third-order valence-corrected chi connectivity index (χ3v) is 7.56. The molecule has 1 aliphatic rings. The fourth-order valence-electron chi connectivity index (χ4n) is 4.17. The van der Waals surface area contributed by atoms with E-state index in [0.717, 1.165) is 19.5 Å². The summed E-state index contributed by atoms with van der Waals surface area (Å²) in [5.74, 6) is 0.468. The molecular weight excluding hydrogens is 450 g/mol. The second-order valence-electron chi connectivity index (χ2n) is 8.43. The normalized spacial score (nSPS) is 15.7. The van der Waals surface area contributed by atoms with Crippen molar-refractivity contribution in [2.24, 2.45) is 5.92 Å². The molecule has 34 heavy (non-hydrogen) atoms. The molecule has 1 amide bonds. The zero-order valence-corrected chi connectivity index (χ0v) is 20.1. The molecule has 8 heteroatoms. The Morgan fingerprint density at radius 1 is 1.06 bits per heavy atom. The van der Waals surface area contributed by atoms with Crippen molar-refractivity contribution >= 4 is 27.3 Å². The molecule has 4 rings (SSSR count). The minimum Gasteiger partial charge on any atom is -0.495 e. The van der Waals surface area contributed by atoms with Crippen LogP contribution < -0.4 is 19.7 Å². The van der Waals surface area contributed by atoms with E-state index in [-0.39, 0.29) is 10.8 Å². The van der Waals surface area contributed by atoms with Crippen LogP contribution in [0.3, 0.4) is 0 Å². The van der Waals surface area contributed by atoms with Crippen molar-refractivity contribution in [3.63, 3.8) is 0 Å². The van der Waals surface area contributed by atoms with Crippen LogP contribution in [-0.2, 0) is 10.0 Å². The third-order valence-electron chi connectivity index (χ3n) is 6.05. The number of nitrogens with zero attached hydrogens (tertiary/aromatic N) is 1. The predicted molar refractivity (Wildman–Crippen MR) is 134 cm³/mol. The monoisotopic (exact) mass is 479 g/mol. The highest BCUT2D eigenvalue weighted by Gasteiger charge is 2.24. The summed E-state index contributed by atoms with van der Waals surface area (Å²) < 4.78 is 34.0. The number of hydrogen-bond acceptors (Lipinski definition) is 5. The van der Waals surface area contributed by atoms with Gasteiger partial charge in [-0.15, -0.1) is 0 Å². The molecule has 2 N–H and O–H groups in total. The molecule has 1 fully saturated rings. The maximum Gasteiger partial charge on any atom is 0.262 e. The van der Waals surface area contributed by atoms with Crippen LogP contribution in [0.25, 0.3) is 0 Å². The summed E-state index contributed by atoms with van der Waals surface area (Å²) in [6, 6.07) is 21.7. The molecule has 0 bridgehead atoms. The van der Waals surface area contributed by atoms with Gasteiger partial charge in [0.25, 0.3) is 15.9 Å². The van der Waals surface area contributed by atoms with Crippen LogP contribution in [-0.4, -0.2) is 41.1 Å². The first kappa shape index (κ1) is 23.6. The van der Waals surface area contributed by atoms with Crippen LogP contribution >= 0.6 is 0 Å². The van der Waals surface area contributed by atoms with Crippen molar-refractivity contribution in [1.82, 2.24) is 5.32 Å². The maximum absolute atomic E-state index is 13.1. The molecule has 3 aromatic carbocycles. The van der Waals surface area contributed by atoms with Gasteiger partial charge in [-0.3, -0.25) is 9.52 Å². The summed E-state index contributed by atoms with van der Waals surface area (Å²) in [5.41, 5.74) is 2.38. The van der Waals surface area contributed by atoms with E-state index in [1.165, 1.54) is 18.9 Å². The second-order valence-corrected chi connectivity index (χ2v) is 10.1. The number of hydrogen-bond donors (Lipinski definition) is 2. The number of para-hydroxylation sites is 3. The van der Waals surface area contributed by atoms with Crippen LogP contribution in [0.1, 0.15) is 22.3 Å². The van der Waals surface area contributed by atoms with Gasteiger partial charge in [0, 0.05) is 30.9 Å². The molecule has 0 aliphatic carbocycles. The first-order chi connectivity index (χ1) is 16.4. The number of carbonyl (C=O) groups excluding carboxylic acids is 1. The van der Waals surface area contributed by atoms with Gasteiger partial charge in [0.15, 0.2) is 0 Å². The molecule has 7 nitrogen and oxygen atoms in total. The summed E-state index contributed by atoms with van der Waals surface area (Å²) in [4.78, 5) is 15.2. The predicted octanol–water partition coefficient (Wildman–Crippen LogP) is 4.06. The zero-order valence-electron chi connectivity index (χ0n) is 19.3. The zero-order chi connectivity index (χ0) is 24.1. The Kier molecular flexibility index (Phi) is 7.07. The number of benzene rings is 3. The van der Waals surface area contributed by atoms with E-state index in [1.54, 1.807) is 43.3 Å². The van der Waals surface area contributed by atoms with Crippen molar-refractivity contribution < 1.29 is 17.9 Å². The lowest BCUT2D eigenvalue weighted by Crippen LogP contribution is -2.31. The van der Waals surface area contributed by atoms with E-state index in [9.17, 15) is 13.2 Å².